The van der Waals surface area contributed by atoms with Crippen LogP contribution in [-0.2, 0) is 9.59 Å². The lowest BCUT2D eigenvalue weighted by Gasteiger charge is -2.36. The molecule has 0 saturated heterocycles. The van der Waals surface area contributed by atoms with E-state index in [0.717, 1.165) is 23.4 Å². The van der Waals surface area contributed by atoms with Gasteiger partial charge in [-0.1, -0.05) is 42.5 Å². The Morgan fingerprint density at radius 3 is 2.59 bits per heavy atom. The number of anilines is 1. The van der Waals surface area contributed by atoms with Crippen molar-refractivity contribution in [3.05, 3.63) is 105 Å². The SMILES string of the molecule is CC1=C(C(=O)Nc2ccccn2)C(c2ccccc2)C2=C(CC(c3cccs3)CC2=O)N1. The Kier molecular flexibility index (Phi) is 5.45. The summed E-state index contributed by atoms with van der Waals surface area (Å²) in [6.07, 6.45) is 2.86. The van der Waals surface area contributed by atoms with Gasteiger partial charge < -0.3 is 10.6 Å². The van der Waals surface area contributed by atoms with Gasteiger partial charge in [0.2, 0.25) is 0 Å². The van der Waals surface area contributed by atoms with Gasteiger partial charge in [0.1, 0.15) is 5.82 Å². The van der Waals surface area contributed by atoms with Crippen molar-refractivity contribution >= 4 is 28.8 Å². The van der Waals surface area contributed by atoms with Crippen molar-refractivity contribution in [3.63, 3.8) is 0 Å². The van der Waals surface area contributed by atoms with Gasteiger partial charge in [-0.3, -0.25) is 9.59 Å². The van der Waals surface area contributed by atoms with Crippen LogP contribution in [0.15, 0.2) is 94.8 Å². The molecule has 2 unspecified atom stereocenters. The molecule has 2 aromatic heterocycles. The smallest absolute Gasteiger partial charge is 0.255 e. The summed E-state index contributed by atoms with van der Waals surface area (Å²) in [6, 6.07) is 19.3. The second-order valence-corrected chi connectivity index (χ2v) is 9.09. The molecule has 0 spiro atoms. The van der Waals surface area contributed by atoms with E-state index in [1.807, 2.05) is 49.4 Å². The van der Waals surface area contributed by atoms with Crippen LogP contribution in [0.5, 0.6) is 0 Å². The first kappa shape index (κ1) is 20.4. The molecule has 32 heavy (non-hydrogen) atoms. The third-order valence-corrected chi connectivity index (χ3v) is 7.09. The summed E-state index contributed by atoms with van der Waals surface area (Å²) in [4.78, 5) is 32.3. The number of hydrogen-bond donors (Lipinski definition) is 2. The van der Waals surface area contributed by atoms with Crippen molar-refractivity contribution < 1.29 is 9.59 Å². The minimum Gasteiger partial charge on any atom is -0.362 e. The van der Waals surface area contributed by atoms with E-state index in [-0.39, 0.29) is 17.6 Å². The fourth-order valence-electron chi connectivity index (χ4n) is 4.66. The third-order valence-electron chi connectivity index (χ3n) is 6.06. The highest BCUT2D eigenvalue weighted by Gasteiger charge is 2.41. The Balaban J connectivity index is 1.56. The van der Waals surface area contributed by atoms with E-state index in [2.05, 4.69) is 27.1 Å². The van der Waals surface area contributed by atoms with Gasteiger partial charge in [0.15, 0.2) is 5.78 Å². The topological polar surface area (TPSA) is 71.1 Å². The first-order valence-corrected chi connectivity index (χ1v) is 11.5. The Labute approximate surface area is 190 Å². The van der Waals surface area contributed by atoms with Gasteiger partial charge >= 0.3 is 0 Å². The van der Waals surface area contributed by atoms with E-state index >= 15 is 0 Å². The highest BCUT2D eigenvalue weighted by atomic mass is 32.1. The Hall–Kier alpha value is -3.51. The molecular weight excluding hydrogens is 418 g/mol. The van der Waals surface area contributed by atoms with Gasteiger partial charge in [0, 0.05) is 51.9 Å². The largest absolute Gasteiger partial charge is 0.362 e. The molecule has 1 amide bonds. The molecule has 5 rings (SSSR count). The summed E-state index contributed by atoms with van der Waals surface area (Å²) in [7, 11) is 0. The Morgan fingerprint density at radius 2 is 1.88 bits per heavy atom. The quantitative estimate of drug-likeness (QED) is 0.588. The van der Waals surface area contributed by atoms with Crippen LogP contribution in [0.4, 0.5) is 5.82 Å². The van der Waals surface area contributed by atoms with E-state index in [1.54, 1.807) is 29.7 Å². The number of thiophene rings is 1. The normalized spacial score (nSPS) is 20.6. The summed E-state index contributed by atoms with van der Waals surface area (Å²) in [5, 5.41) is 8.37. The fraction of sp³-hybridized carbons (Fsp3) is 0.192. The molecule has 2 aliphatic rings. The number of rotatable bonds is 4. The van der Waals surface area contributed by atoms with Gasteiger partial charge in [-0.2, -0.15) is 0 Å². The van der Waals surface area contributed by atoms with Gasteiger partial charge in [0.25, 0.3) is 5.91 Å². The maximum atomic E-state index is 13.5. The molecule has 0 saturated carbocycles. The van der Waals surface area contributed by atoms with Crippen molar-refractivity contribution in [2.45, 2.75) is 31.6 Å². The molecule has 0 fully saturated rings. The number of carbonyl (C=O) groups excluding carboxylic acids is 2. The number of nitrogens with one attached hydrogen (secondary N) is 2. The Morgan fingerprint density at radius 1 is 1.06 bits per heavy atom. The fourth-order valence-corrected chi connectivity index (χ4v) is 5.49. The van der Waals surface area contributed by atoms with Crippen molar-refractivity contribution in [2.75, 3.05) is 5.32 Å². The second kappa shape index (κ2) is 8.55. The van der Waals surface area contributed by atoms with Crippen LogP contribution < -0.4 is 10.6 Å². The van der Waals surface area contributed by atoms with Gasteiger partial charge in [0.05, 0.1) is 0 Å². The molecule has 6 heteroatoms. The zero-order chi connectivity index (χ0) is 22.1. The number of hydrogen-bond acceptors (Lipinski definition) is 5. The van der Waals surface area contributed by atoms with Crippen LogP contribution in [0, 0.1) is 0 Å². The van der Waals surface area contributed by atoms with Crippen LogP contribution >= 0.6 is 11.3 Å². The number of Topliss-reactive ketones (excluding diaryl/α,β-unsaturated/α-hetero) is 1. The number of carbonyl (C=O) groups is 2. The second-order valence-electron chi connectivity index (χ2n) is 8.11. The molecule has 5 nitrogen and oxygen atoms in total. The summed E-state index contributed by atoms with van der Waals surface area (Å²) in [6.45, 7) is 1.91. The highest BCUT2D eigenvalue weighted by molar-refractivity contribution is 7.10. The van der Waals surface area contributed by atoms with E-state index in [4.69, 9.17) is 0 Å². The van der Waals surface area contributed by atoms with Gasteiger partial charge in [-0.15, -0.1) is 11.3 Å². The number of nitrogens with zero attached hydrogens (tertiary/aromatic N) is 1. The molecule has 3 aromatic rings. The van der Waals surface area contributed by atoms with Crippen molar-refractivity contribution in [1.29, 1.82) is 0 Å². The molecule has 160 valence electrons. The van der Waals surface area contributed by atoms with Gasteiger partial charge in [-0.25, -0.2) is 4.98 Å². The average Bonchev–Trinajstić information content (AvgIpc) is 3.34. The number of amides is 1. The zero-order valence-corrected chi connectivity index (χ0v) is 18.5. The summed E-state index contributed by atoms with van der Waals surface area (Å²) >= 11 is 1.69. The molecule has 1 aliphatic heterocycles. The van der Waals surface area contributed by atoms with Crippen LogP contribution in [0.3, 0.4) is 0 Å². The molecule has 2 atom stereocenters. The Bertz CT molecular complexity index is 1210. The number of aromatic nitrogens is 1. The number of pyridine rings is 1. The summed E-state index contributed by atoms with van der Waals surface area (Å²) in [5.74, 6) is 0.0934. The molecule has 3 heterocycles. The van der Waals surface area contributed by atoms with Crippen molar-refractivity contribution in [2.24, 2.45) is 0 Å². The lowest BCUT2D eigenvalue weighted by molar-refractivity contribution is -0.116. The minimum atomic E-state index is -0.409. The highest BCUT2D eigenvalue weighted by Crippen LogP contribution is 2.46. The van der Waals surface area contributed by atoms with Crippen LogP contribution in [0.25, 0.3) is 0 Å². The standard InChI is InChI=1S/C26H23N3O2S/c1-16-23(26(31)29-22-11-5-6-12-27-22)24(17-8-3-2-4-9-17)25-19(28-16)14-18(15-20(25)30)21-10-7-13-32-21/h2-13,18,24,28H,14-15H2,1H3,(H,27,29,31). The zero-order valence-electron chi connectivity index (χ0n) is 17.7. The summed E-state index contributed by atoms with van der Waals surface area (Å²) < 4.78 is 0. The molecule has 2 N–H and O–H groups in total. The number of dihydropyridines is 1. The van der Waals surface area contributed by atoms with Crippen molar-refractivity contribution in [3.8, 4) is 0 Å². The first-order valence-electron chi connectivity index (χ1n) is 10.7. The van der Waals surface area contributed by atoms with Crippen molar-refractivity contribution in [1.82, 2.24) is 10.3 Å². The van der Waals surface area contributed by atoms with E-state index in [0.29, 0.717) is 23.4 Å². The van der Waals surface area contributed by atoms with E-state index in [1.165, 1.54) is 4.88 Å². The maximum Gasteiger partial charge on any atom is 0.255 e. The molecule has 1 aromatic carbocycles. The monoisotopic (exact) mass is 441 g/mol. The van der Waals surface area contributed by atoms with Gasteiger partial charge in [-0.05, 0) is 42.5 Å². The maximum absolute atomic E-state index is 13.5. The molecule has 1 aliphatic carbocycles. The van der Waals surface area contributed by atoms with E-state index < -0.39 is 5.92 Å². The number of ketones is 1. The van der Waals surface area contributed by atoms with Crippen LogP contribution in [0.1, 0.15) is 42.0 Å². The predicted molar refractivity (Wildman–Crippen MR) is 126 cm³/mol. The summed E-state index contributed by atoms with van der Waals surface area (Å²) in [5.41, 5.74) is 3.91. The number of benzene rings is 1. The molecular formula is C26H23N3O2S. The van der Waals surface area contributed by atoms with E-state index in [9.17, 15) is 9.59 Å². The minimum absolute atomic E-state index is 0.0987. The first-order chi connectivity index (χ1) is 15.6. The average molecular weight is 442 g/mol. The lowest BCUT2D eigenvalue weighted by atomic mass is 9.72. The predicted octanol–water partition coefficient (Wildman–Crippen LogP) is 5.14. The third kappa shape index (κ3) is 3.78. The lowest BCUT2D eigenvalue weighted by Crippen LogP contribution is -2.37. The number of allylic oxidation sites excluding steroid dienone is 3. The molecule has 0 bridgehead atoms. The van der Waals surface area contributed by atoms with Crippen LogP contribution in [-0.4, -0.2) is 16.7 Å². The van der Waals surface area contributed by atoms with Crippen LogP contribution in [0.2, 0.25) is 0 Å². The molecule has 0 radical (unpaired) electrons.